The van der Waals surface area contributed by atoms with E-state index in [1.165, 1.54) is 9.71 Å². The standard InChI is InChI=1S/C30H39N5O2S/c1-18-7-9-25(35(17-18)29(37)27(36)32-23-13-19(2)20(3)31-16-23)21-8-10-26-24(14-21)33-28(38-26)22-11-12-34(6)30(4,5)15-22/h8,10,13-14,16,18,22,25H,7,9,11-12,15,17H2,1-6H3,(H,32,36)/t18-,22?,25+/m0/s1. The van der Waals surface area contributed by atoms with Crippen LogP contribution in [0.15, 0.2) is 30.5 Å². The molecule has 3 atom stereocenters. The molecule has 1 N–H and O–H groups in total. The quantitative estimate of drug-likeness (QED) is 0.428. The van der Waals surface area contributed by atoms with E-state index >= 15 is 0 Å². The Morgan fingerprint density at radius 2 is 1.92 bits per heavy atom. The van der Waals surface area contributed by atoms with Crippen LogP contribution in [0.25, 0.3) is 10.2 Å². The number of carbonyl (C=O) groups excluding carboxylic acids is 2. The zero-order valence-electron chi connectivity index (χ0n) is 23.4. The van der Waals surface area contributed by atoms with Crippen LogP contribution >= 0.6 is 11.3 Å². The summed E-state index contributed by atoms with van der Waals surface area (Å²) in [6, 6.07) is 8.12. The van der Waals surface area contributed by atoms with Gasteiger partial charge in [0.15, 0.2) is 0 Å². The van der Waals surface area contributed by atoms with Crippen molar-refractivity contribution >= 4 is 39.1 Å². The van der Waals surface area contributed by atoms with Gasteiger partial charge < -0.3 is 15.1 Å². The largest absolute Gasteiger partial charge is 0.327 e. The van der Waals surface area contributed by atoms with E-state index in [1.54, 1.807) is 22.4 Å². The summed E-state index contributed by atoms with van der Waals surface area (Å²) in [5.41, 5.74) is 4.63. The highest BCUT2D eigenvalue weighted by Gasteiger charge is 2.36. The Labute approximate surface area is 229 Å². The van der Waals surface area contributed by atoms with Crippen LogP contribution in [0, 0.1) is 19.8 Å². The van der Waals surface area contributed by atoms with Crippen molar-refractivity contribution in [3.05, 3.63) is 52.3 Å². The van der Waals surface area contributed by atoms with Crippen molar-refractivity contribution in [1.29, 1.82) is 0 Å². The minimum Gasteiger partial charge on any atom is -0.327 e. The molecule has 5 rings (SSSR count). The van der Waals surface area contributed by atoms with Gasteiger partial charge in [0.05, 0.1) is 33.2 Å². The molecule has 2 fully saturated rings. The Kier molecular flexibility index (Phi) is 7.31. The second-order valence-electron chi connectivity index (χ2n) is 11.9. The molecule has 202 valence electrons. The fourth-order valence-corrected chi connectivity index (χ4v) is 6.90. The minimum absolute atomic E-state index is 0.140. The van der Waals surface area contributed by atoms with Crippen LogP contribution < -0.4 is 5.32 Å². The topological polar surface area (TPSA) is 78.4 Å². The molecular weight excluding hydrogens is 494 g/mol. The fourth-order valence-electron chi connectivity index (χ4n) is 5.82. The number of anilines is 1. The number of likely N-dealkylation sites (tertiary alicyclic amines) is 2. The summed E-state index contributed by atoms with van der Waals surface area (Å²) in [5, 5.41) is 3.98. The highest BCUT2D eigenvalue weighted by Crippen LogP contribution is 2.41. The van der Waals surface area contributed by atoms with E-state index in [-0.39, 0.29) is 11.6 Å². The molecule has 2 aliphatic rings. The molecule has 0 bridgehead atoms. The molecule has 0 aliphatic carbocycles. The highest BCUT2D eigenvalue weighted by atomic mass is 32.1. The van der Waals surface area contributed by atoms with E-state index in [0.717, 1.165) is 54.6 Å². The maximum Gasteiger partial charge on any atom is 0.313 e. The number of nitrogens with zero attached hydrogens (tertiary/aromatic N) is 4. The number of aromatic nitrogens is 2. The van der Waals surface area contributed by atoms with Gasteiger partial charge in [-0.2, -0.15) is 0 Å². The van der Waals surface area contributed by atoms with Gasteiger partial charge in [-0.3, -0.25) is 14.6 Å². The number of thiazole rings is 1. The lowest BCUT2D eigenvalue weighted by molar-refractivity contribution is -0.146. The molecule has 1 aromatic carbocycles. The zero-order chi connectivity index (χ0) is 27.2. The first kappa shape index (κ1) is 26.8. The maximum absolute atomic E-state index is 13.4. The summed E-state index contributed by atoms with van der Waals surface area (Å²) in [6.45, 7) is 12.3. The molecular formula is C30H39N5O2S. The molecule has 2 aromatic heterocycles. The summed E-state index contributed by atoms with van der Waals surface area (Å²) in [5.74, 6) is -0.295. The van der Waals surface area contributed by atoms with E-state index in [2.05, 4.69) is 61.2 Å². The van der Waals surface area contributed by atoms with Crippen LogP contribution in [0.5, 0.6) is 0 Å². The van der Waals surface area contributed by atoms with Crippen molar-refractivity contribution in [2.75, 3.05) is 25.5 Å². The molecule has 1 unspecified atom stereocenters. The minimum atomic E-state index is -0.615. The number of piperidine rings is 2. The van der Waals surface area contributed by atoms with Crippen LogP contribution in [0.2, 0.25) is 0 Å². The van der Waals surface area contributed by atoms with Gasteiger partial charge in [0, 0.05) is 23.7 Å². The third kappa shape index (κ3) is 5.34. The summed E-state index contributed by atoms with van der Waals surface area (Å²) in [4.78, 5) is 40.0. The van der Waals surface area contributed by atoms with E-state index in [4.69, 9.17) is 4.98 Å². The van der Waals surface area contributed by atoms with Crippen LogP contribution in [0.4, 0.5) is 5.69 Å². The second kappa shape index (κ2) is 10.4. The van der Waals surface area contributed by atoms with E-state index in [9.17, 15) is 9.59 Å². The monoisotopic (exact) mass is 533 g/mol. The number of benzene rings is 1. The first-order valence-electron chi connectivity index (χ1n) is 13.7. The normalized spacial score (nSPS) is 23.9. The molecule has 0 saturated carbocycles. The molecule has 3 aromatic rings. The third-order valence-electron chi connectivity index (χ3n) is 8.62. The van der Waals surface area contributed by atoms with Crippen molar-refractivity contribution in [3.63, 3.8) is 0 Å². The molecule has 0 radical (unpaired) electrons. The molecule has 2 aliphatic heterocycles. The van der Waals surface area contributed by atoms with Gasteiger partial charge in [-0.25, -0.2) is 4.98 Å². The Hall–Kier alpha value is -2.84. The number of hydrogen-bond acceptors (Lipinski definition) is 6. The fraction of sp³-hybridized carbons (Fsp3) is 0.533. The van der Waals surface area contributed by atoms with E-state index in [0.29, 0.717) is 24.1 Å². The van der Waals surface area contributed by atoms with Crippen molar-refractivity contribution in [2.45, 2.75) is 77.8 Å². The third-order valence-corrected chi connectivity index (χ3v) is 9.82. The molecule has 8 heteroatoms. The van der Waals surface area contributed by atoms with Gasteiger partial charge in [-0.1, -0.05) is 13.0 Å². The number of fused-ring (bicyclic) bond motifs is 1. The van der Waals surface area contributed by atoms with Crippen LogP contribution in [-0.4, -0.2) is 57.3 Å². The molecule has 38 heavy (non-hydrogen) atoms. The van der Waals surface area contributed by atoms with E-state index in [1.807, 2.05) is 19.9 Å². The molecule has 4 heterocycles. The molecule has 0 spiro atoms. The van der Waals surface area contributed by atoms with Gasteiger partial charge in [0.1, 0.15) is 0 Å². The smallest absolute Gasteiger partial charge is 0.313 e. The molecule has 2 amide bonds. The number of carbonyl (C=O) groups is 2. The van der Waals surface area contributed by atoms with Crippen molar-refractivity contribution < 1.29 is 9.59 Å². The number of nitrogens with one attached hydrogen (secondary N) is 1. The number of aryl methyl sites for hydroxylation is 2. The lowest BCUT2D eigenvalue weighted by Gasteiger charge is -2.43. The van der Waals surface area contributed by atoms with Crippen molar-refractivity contribution in [1.82, 2.24) is 19.8 Å². The SMILES string of the molecule is Cc1cc(NC(=O)C(=O)N2C[C@@H](C)CC[C@@H]2c2ccc3sc(C4CCN(C)C(C)(C)C4)nc3c2)cnc1C. The predicted molar refractivity (Wildman–Crippen MR) is 153 cm³/mol. The molecule has 2 saturated heterocycles. The first-order chi connectivity index (χ1) is 18.0. The predicted octanol–water partition coefficient (Wildman–Crippen LogP) is 5.83. The van der Waals surface area contributed by atoms with Crippen molar-refractivity contribution in [3.8, 4) is 0 Å². The zero-order valence-corrected chi connectivity index (χ0v) is 24.2. The van der Waals surface area contributed by atoms with Crippen molar-refractivity contribution in [2.24, 2.45) is 5.92 Å². The first-order valence-corrected chi connectivity index (χ1v) is 14.5. The Morgan fingerprint density at radius 3 is 2.66 bits per heavy atom. The average molecular weight is 534 g/mol. The van der Waals surface area contributed by atoms with Crippen LogP contribution in [0.3, 0.4) is 0 Å². The number of rotatable bonds is 3. The van der Waals surface area contributed by atoms with Gasteiger partial charge in [0.25, 0.3) is 0 Å². The van der Waals surface area contributed by atoms with E-state index < -0.39 is 11.8 Å². The molecule has 7 nitrogen and oxygen atoms in total. The lowest BCUT2D eigenvalue weighted by atomic mass is 9.83. The van der Waals surface area contributed by atoms with Gasteiger partial charge >= 0.3 is 11.8 Å². The number of amides is 2. The highest BCUT2D eigenvalue weighted by molar-refractivity contribution is 7.18. The van der Waals surface area contributed by atoms with Gasteiger partial charge in [0.2, 0.25) is 0 Å². The lowest BCUT2D eigenvalue weighted by Crippen LogP contribution is -2.46. The summed E-state index contributed by atoms with van der Waals surface area (Å²) in [7, 11) is 2.21. The van der Waals surface area contributed by atoms with Gasteiger partial charge in [-0.15, -0.1) is 11.3 Å². The average Bonchev–Trinajstić information content (AvgIpc) is 3.31. The summed E-state index contributed by atoms with van der Waals surface area (Å²) >= 11 is 1.80. The second-order valence-corrected chi connectivity index (χ2v) is 13.0. The number of hydrogen-bond donors (Lipinski definition) is 1. The summed E-state index contributed by atoms with van der Waals surface area (Å²) < 4.78 is 1.18. The Bertz CT molecular complexity index is 1370. The Balaban J connectivity index is 1.37. The summed E-state index contributed by atoms with van der Waals surface area (Å²) in [6.07, 6.45) is 5.67. The Morgan fingerprint density at radius 1 is 1.13 bits per heavy atom. The maximum atomic E-state index is 13.4. The number of pyridine rings is 1. The van der Waals surface area contributed by atoms with Crippen LogP contribution in [0.1, 0.15) is 80.2 Å². The van der Waals surface area contributed by atoms with Crippen LogP contribution in [-0.2, 0) is 9.59 Å². The van der Waals surface area contributed by atoms with Gasteiger partial charge in [-0.05, 0) is 102 Å².